The van der Waals surface area contributed by atoms with E-state index in [1.807, 2.05) is 30.3 Å². The number of aliphatic carboxylic acids is 1. The van der Waals surface area contributed by atoms with Crippen LogP contribution < -0.4 is 5.32 Å². The second-order valence-electron chi connectivity index (χ2n) is 5.86. The van der Waals surface area contributed by atoms with Gasteiger partial charge < -0.3 is 15.3 Å². The number of carboxylic acid groups (broad SMARTS) is 1. The van der Waals surface area contributed by atoms with Gasteiger partial charge in [0.1, 0.15) is 12.6 Å². The van der Waals surface area contributed by atoms with Crippen molar-refractivity contribution in [2.75, 3.05) is 6.54 Å². The summed E-state index contributed by atoms with van der Waals surface area (Å²) in [5.41, 5.74) is 0.892. The van der Waals surface area contributed by atoms with E-state index in [1.54, 1.807) is 6.08 Å². The summed E-state index contributed by atoms with van der Waals surface area (Å²) in [6.07, 6.45) is 6.26. The maximum atomic E-state index is 12.7. The molecule has 0 aliphatic carbocycles. The predicted molar refractivity (Wildman–Crippen MR) is 102 cm³/mol. The Hall–Kier alpha value is -2.87. The van der Waals surface area contributed by atoms with Crippen LogP contribution in [0.3, 0.4) is 0 Å². The van der Waals surface area contributed by atoms with Gasteiger partial charge in [-0.3, -0.25) is 19.2 Å². The first-order valence-corrected chi connectivity index (χ1v) is 9.13. The van der Waals surface area contributed by atoms with Crippen LogP contribution in [0.5, 0.6) is 0 Å². The van der Waals surface area contributed by atoms with Crippen LogP contribution in [-0.4, -0.2) is 50.7 Å². The van der Waals surface area contributed by atoms with Gasteiger partial charge in [0.2, 0.25) is 5.91 Å². The Labute approximate surface area is 161 Å². The number of allylic oxidation sites excluding steroid dienone is 2. The number of amides is 2. The molecule has 7 nitrogen and oxygen atoms in total. The summed E-state index contributed by atoms with van der Waals surface area (Å²) < 4.78 is 0. The Morgan fingerprint density at radius 3 is 2.56 bits per heavy atom. The molecule has 0 spiro atoms. The smallest absolute Gasteiger partial charge is 0.323 e. The Balaban J connectivity index is 2.11. The molecule has 1 aliphatic heterocycles. The fourth-order valence-electron chi connectivity index (χ4n) is 2.51. The van der Waals surface area contributed by atoms with E-state index in [-0.39, 0.29) is 5.12 Å². The summed E-state index contributed by atoms with van der Waals surface area (Å²) in [5, 5.41) is 10.6. The zero-order chi connectivity index (χ0) is 19.8. The quantitative estimate of drug-likeness (QED) is 0.731. The van der Waals surface area contributed by atoms with Crippen molar-refractivity contribution in [3.8, 4) is 0 Å². The Morgan fingerprint density at radius 2 is 1.93 bits per heavy atom. The molecule has 2 N–H and O–H groups in total. The molecule has 0 bridgehead atoms. The molecular formula is C19H20N2O5S. The fourth-order valence-corrected chi connectivity index (χ4v) is 3.36. The van der Waals surface area contributed by atoms with Crippen LogP contribution >= 0.6 is 11.8 Å². The molecule has 142 valence electrons. The Morgan fingerprint density at radius 1 is 1.22 bits per heavy atom. The molecule has 1 aromatic carbocycles. The number of carbonyl (C=O) groups excluding carboxylic acids is 3. The minimum Gasteiger partial charge on any atom is -0.480 e. The second-order valence-corrected chi connectivity index (χ2v) is 7.24. The third kappa shape index (κ3) is 6.41. The van der Waals surface area contributed by atoms with Gasteiger partial charge in [-0.1, -0.05) is 54.2 Å². The van der Waals surface area contributed by atoms with Crippen molar-refractivity contribution in [3.63, 3.8) is 0 Å². The summed E-state index contributed by atoms with van der Waals surface area (Å²) in [6.45, 7) is 0.879. The minimum atomic E-state index is -1.16. The van der Waals surface area contributed by atoms with E-state index < -0.39 is 35.6 Å². The summed E-state index contributed by atoms with van der Waals surface area (Å²) in [6, 6.07) is 8.26. The number of hydrogen-bond donors (Lipinski definition) is 2. The molecule has 0 saturated heterocycles. The van der Waals surface area contributed by atoms with E-state index in [4.69, 9.17) is 5.11 Å². The molecule has 8 heteroatoms. The summed E-state index contributed by atoms with van der Waals surface area (Å²) in [7, 11) is 0. The van der Waals surface area contributed by atoms with Crippen molar-refractivity contribution in [3.05, 3.63) is 60.3 Å². The van der Waals surface area contributed by atoms with Gasteiger partial charge >= 0.3 is 5.97 Å². The SMILES string of the molecule is CC(=O)S[C@@H](Cc1ccccc1)C(=O)N[C@H]1C=CC=CN(CC(=O)O)C1=O. The first-order valence-electron chi connectivity index (χ1n) is 8.25. The normalized spacial score (nSPS) is 17.3. The van der Waals surface area contributed by atoms with Crippen molar-refractivity contribution in [1.82, 2.24) is 10.2 Å². The first-order chi connectivity index (χ1) is 12.9. The van der Waals surface area contributed by atoms with Crippen LogP contribution in [0, 0.1) is 0 Å². The van der Waals surface area contributed by atoms with Gasteiger partial charge in [0.15, 0.2) is 5.12 Å². The van der Waals surface area contributed by atoms with E-state index in [1.165, 1.54) is 25.3 Å². The molecule has 0 saturated carbocycles. The number of nitrogens with zero attached hydrogens (tertiary/aromatic N) is 1. The molecule has 1 aromatic rings. The first kappa shape index (κ1) is 20.4. The van der Waals surface area contributed by atoms with Crippen molar-refractivity contribution < 1.29 is 24.3 Å². The topological polar surface area (TPSA) is 104 Å². The molecule has 0 radical (unpaired) electrons. The number of nitrogens with one attached hydrogen (secondary N) is 1. The molecule has 2 amide bonds. The van der Waals surface area contributed by atoms with Gasteiger partial charge in [-0.15, -0.1) is 0 Å². The average Bonchev–Trinajstić information content (AvgIpc) is 2.77. The van der Waals surface area contributed by atoms with Gasteiger partial charge in [-0.05, 0) is 18.1 Å². The van der Waals surface area contributed by atoms with Gasteiger partial charge in [0.05, 0.1) is 5.25 Å². The molecule has 0 fully saturated rings. The summed E-state index contributed by atoms with van der Waals surface area (Å²) >= 11 is 0.899. The molecule has 27 heavy (non-hydrogen) atoms. The highest BCUT2D eigenvalue weighted by Crippen LogP contribution is 2.18. The summed E-state index contributed by atoms with van der Waals surface area (Å²) in [5.74, 6) is -2.17. The van der Waals surface area contributed by atoms with E-state index in [9.17, 15) is 19.2 Å². The Bertz CT molecular complexity index is 776. The number of rotatable bonds is 7. The Kier molecular flexibility index (Phi) is 7.36. The number of benzene rings is 1. The van der Waals surface area contributed by atoms with Crippen LogP contribution in [0.1, 0.15) is 12.5 Å². The van der Waals surface area contributed by atoms with E-state index in [0.29, 0.717) is 6.42 Å². The van der Waals surface area contributed by atoms with Crippen LogP contribution in [0.2, 0.25) is 0 Å². The number of carboxylic acids is 1. The number of thioether (sulfide) groups is 1. The predicted octanol–water partition coefficient (Wildman–Crippen LogP) is 1.36. The molecule has 0 aromatic heterocycles. The average molecular weight is 388 g/mol. The number of hydrogen-bond acceptors (Lipinski definition) is 5. The van der Waals surface area contributed by atoms with Crippen LogP contribution in [-0.2, 0) is 25.6 Å². The standard InChI is InChI=1S/C19H20N2O5S/c1-13(22)27-16(11-14-7-3-2-4-8-14)18(25)20-15-9-5-6-10-21(19(15)26)12-17(23)24/h2-10,15-16H,11-12H2,1H3,(H,20,25)(H,23,24)/t15-,16-/m0/s1. The van der Waals surface area contributed by atoms with Crippen molar-refractivity contribution in [1.29, 1.82) is 0 Å². The molecule has 2 rings (SSSR count). The van der Waals surface area contributed by atoms with Gasteiger partial charge in [-0.2, -0.15) is 0 Å². The second kappa shape index (κ2) is 9.72. The van der Waals surface area contributed by atoms with E-state index in [0.717, 1.165) is 22.2 Å². The molecular weight excluding hydrogens is 368 g/mol. The van der Waals surface area contributed by atoms with Crippen LogP contribution in [0.4, 0.5) is 0 Å². The monoisotopic (exact) mass is 388 g/mol. The van der Waals surface area contributed by atoms with Crippen molar-refractivity contribution >= 4 is 34.7 Å². The fraction of sp³-hybridized carbons (Fsp3) is 0.263. The molecule has 0 unspecified atom stereocenters. The van der Waals surface area contributed by atoms with Gasteiger partial charge in [-0.25, -0.2) is 0 Å². The maximum absolute atomic E-state index is 12.7. The molecule has 1 aliphatic rings. The molecule has 2 atom stereocenters. The lowest BCUT2D eigenvalue weighted by Crippen LogP contribution is -2.49. The van der Waals surface area contributed by atoms with E-state index >= 15 is 0 Å². The van der Waals surface area contributed by atoms with Crippen LogP contribution in [0.25, 0.3) is 0 Å². The highest BCUT2D eigenvalue weighted by molar-refractivity contribution is 8.14. The zero-order valence-corrected chi connectivity index (χ0v) is 15.5. The lowest BCUT2D eigenvalue weighted by Gasteiger charge is -2.23. The highest BCUT2D eigenvalue weighted by Gasteiger charge is 2.29. The summed E-state index contributed by atoms with van der Waals surface area (Å²) in [4.78, 5) is 48.7. The van der Waals surface area contributed by atoms with Crippen molar-refractivity contribution in [2.45, 2.75) is 24.6 Å². The van der Waals surface area contributed by atoms with Gasteiger partial charge in [0.25, 0.3) is 5.91 Å². The van der Waals surface area contributed by atoms with Gasteiger partial charge in [0, 0.05) is 13.1 Å². The van der Waals surface area contributed by atoms with Crippen LogP contribution in [0.15, 0.2) is 54.8 Å². The zero-order valence-electron chi connectivity index (χ0n) is 14.7. The minimum absolute atomic E-state index is 0.206. The lowest BCUT2D eigenvalue weighted by atomic mass is 10.1. The largest absolute Gasteiger partial charge is 0.480 e. The third-order valence-corrected chi connectivity index (χ3v) is 4.69. The number of carbonyl (C=O) groups is 4. The maximum Gasteiger partial charge on any atom is 0.323 e. The van der Waals surface area contributed by atoms with Crippen molar-refractivity contribution in [2.24, 2.45) is 0 Å². The highest BCUT2D eigenvalue weighted by atomic mass is 32.2. The van der Waals surface area contributed by atoms with E-state index in [2.05, 4.69) is 5.32 Å². The molecule has 1 heterocycles. The third-order valence-electron chi connectivity index (χ3n) is 3.70. The lowest BCUT2D eigenvalue weighted by molar-refractivity contribution is -0.143.